The first-order chi connectivity index (χ1) is 15.2. The third-order valence-electron chi connectivity index (χ3n) is 6.01. The number of hydrogen-bond donors (Lipinski definition) is 1. The van der Waals surface area contributed by atoms with Crippen molar-refractivity contribution in [2.45, 2.75) is 36.2 Å². The fraction of sp³-hybridized carbons (Fsp3) is 0.409. The summed E-state index contributed by atoms with van der Waals surface area (Å²) in [7, 11) is -3.96. The summed E-state index contributed by atoms with van der Waals surface area (Å²) in [5.74, 6) is -0.375. The van der Waals surface area contributed by atoms with Gasteiger partial charge in [0.25, 0.3) is 0 Å². The number of carbonyl (C=O) groups is 1. The second kappa shape index (κ2) is 8.76. The number of alkyl halides is 1. The molecule has 0 aliphatic carbocycles. The van der Waals surface area contributed by atoms with E-state index in [0.29, 0.717) is 5.56 Å². The van der Waals surface area contributed by atoms with Crippen molar-refractivity contribution in [3.63, 3.8) is 0 Å². The molecule has 172 valence electrons. The molecule has 2 aliphatic rings. The fourth-order valence-electron chi connectivity index (χ4n) is 4.23. The van der Waals surface area contributed by atoms with E-state index in [-0.39, 0.29) is 43.4 Å². The number of urea groups is 1. The number of ether oxygens (including phenoxy) is 1. The minimum absolute atomic E-state index is 0.0125. The molecule has 1 N–H and O–H groups in total. The fourth-order valence-corrected chi connectivity index (χ4v) is 5.96. The Hall–Kier alpha value is -2.56. The molecule has 2 amide bonds. The van der Waals surface area contributed by atoms with Gasteiger partial charge in [-0.3, -0.25) is 0 Å². The van der Waals surface area contributed by atoms with E-state index >= 15 is 4.39 Å². The topological polar surface area (TPSA) is 79.0 Å². The zero-order valence-corrected chi connectivity index (χ0v) is 18.4. The van der Waals surface area contributed by atoms with Crippen LogP contribution >= 0.6 is 0 Å². The van der Waals surface area contributed by atoms with E-state index in [1.54, 1.807) is 37.3 Å². The maximum Gasteiger partial charge on any atom is 0.317 e. The number of rotatable bonds is 4. The first kappa shape index (κ1) is 22.6. The second-order valence-corrected chi connectivity index (χ2v) is 9.83. The Morgan fingerprint density at radius 3 is 2.50 bits per heavy atom. The van der Waals surface area contributed by atoms with Crippen molar-refractivity contribution >= 4 is 16.1 Å². The van der Waals surface area contributed by atoms with Crippen LogP contribution in [0.25, 0.3) is 0 Å². The maximum atomic E-state index is 15.5. The highest BCUT2D eigenvalue weighted by molar-refractivity contribution is 7.89. The molecule has 4 rings (SSSR count). The van der Waals surface area contributed by atoms with Crippen LogP contribution < -0.4 is 5.32 Å². The monoisotopic (exact) mass is 465 g/mol. The van der Waals surface area contributed by atoms with Crippen LogP contribution in [0.5, 0.6) is 0 Å². The van der Waals surface area contributed by atoms with E-state index in [1.807, 2.05) is 0 Å². The van der Waals surface area contributed by atoms with Crippen molar-refractivity contribution in [2.24, 2.45) is 0 Å². The van der Waals surface area contributed by atoms with Crippen LogP contribution in [0.2, 0.25) is 0 Å². The Bertz CT molecular complexity index is 1070. The zero-order valence-electron chi connectivity index (χ0n) is 17.6. The number of nitrogens with zero attached hydrogens (tertiary/aromatic N) is 2. The molecular formula is C22H25F2N3O4S. The lowest BCUT2D eigenvalue weighted by Gasteiger charge is -2.45. The van der Waals surface area contributed by atoms with Crippen LogP contribution in [-0.4, -0.2) is 61.8 Å². The van der Waals surface area contributed by atoms with Gasteiger partial charge in [-0.25, -0.2) is 22.0 Å². The third-order valence-corrected chi connectivity index (χ3v) is 7.95. The lowest BCUT2D eigenvalue weighted by atomic mass is 9.99. The van der Waals surface area contributed by atoms with Crippen molar-refractivity contribution in [3.8, 4) is 0 Å². The first-order valence-corrected chi connectivity index (χ1v) is 11.8. The Morgan fingerprint density at radius 1 is 1.16 bits per heavy atom. The lowest BCUT2D eigenvalue weighted by Crippen LogP contribution is -2.63. The molecule has 7 nitrogen and oxygen atoms in total. The molecule has 1 spiro atoms. The van der Waals surface area contributed by atoms with Crippen LogP contribution in [0, 0.1) is 5.82 Å². The van der Waals surface area contributed by atoms with Gasteiger partial charge < -0.3 is 15.0 Å². The number of likely N-dealkylation sites (tertiary alicyclic amines) is 1. The van der Waals surface area contributed by atoms with E-state index in [1.165, 1.54) is 29.2 Å². The number of amides is 2. The number of piperidine rings is 1. The average Bonchev–Trinajstić information content (AvgIpc) is 3.22. The highest BCUT2D eigenvalue weighted by Crippen LogP contribution is 2.40. The third kappa shape index (κ3) is 4.10. The number of sulfonamides is 1. The van der Waals surface area contributed by atoms with Gasteiger partial charge in [0.15, 0.2) is 11.9 Å². The Kier molecular flexibility index (Phi) is 6.19. The van der Waals surface area contributed by atoms with Gasteiger partial charge in [-0.05, 0) is 36.8 Å². The van der Waals surface area contributed by atoms with Crippen molar-refractivity contribution in [3.05, 3.63) is 66.0 Å². The molecule has 2 heterocycles. The molecule has 3 atom stereocenters. The van der Waals surface area contributed by atoms with Crippen LogP contribution in [0.4, 0.5) is 13.6 Å². The summed E-state index contributed by atoms with van der Waals surface area (Å²) in [5, 5.41) is 2.78. The lowest BCUT2D eigenvalue weighted by molar-refractivity contribution is -0.135. The number of nitrogens with one attached hydrogen (secondary N) is 1. The summed E-state index contributed by atoms with van der Waals surface area (Å²) in [6.45, 7) is 1.70. The van der Waals surface area contributed by atoms with Gasteiger partial charge in [-0.1, -0.05) is 30.3 Å². The van der Waals surface area contributed by atoms with Gasteiger partial charge in [0.1, 0.15) is 5.82 Å². The molecular weight excluding hydrogens is 440 g/mol. The van der Waals surface area contributed by atoms with Gasteiger partial charge >= 0.3 is 6.03 Å². The summed E-state index contributed by atoms with van der Waals surface area (Å²) >= 11 is 0. The normalized spacial score (nSPS) is 25.1. The Morgan fingerprint density at radius 2 is 1.84 bits per heavy atom. The summed E-state index contributed by atoms with van der Waals surface area (Å²) in [4.78, 5) is 14.1. The number of hydrogen-bond acceptors (Lipinski definition) is 4. The van der Waals surface area contributed by atoms with Gasteiger partial charge in [0, 0.05) is 19.5 Å². The molecule has 2 aliphatic heterocycles. The van der Waals surface area contributed by atoms with Gasteiger partial charge in [0.05, 0.1) is 24.1 Å². The predicted octanol–water partition coefficient (Wildman–Crippen LogP) is 3.06. The van der Waals surface area contributed by atoms with Crippen molar-refractivity contribution in [1.82, 2.24) is 14.5 Å². The van der Waals surface area contributed by atoms with Crippen LogP contribution in [0.3, 0.4) is 0 Å². The standard InChI is InChI=1S/C22H25F2N3O4S/c1-16(17-7-9-18(23)10-8-17)25-21(28)26-12-11-22(20(24)15-26)27(13-14-31-22)32(29,30)19-5-3-2-4-6-19/h2-10,16,20H,11-15H2,1H3,(H,25,28)/t16-,20?,22?/m1/s1. The molecule has 0 radical (unpaired) electrons. The van der Waals surface area contributed by atoms with Crippen molar-refractivity contribution in [2.75, 3.05) is 26.2 Å². The van der Waals surface area contributed by atoms with Crippen LogP contribution in [0.1, 0.15) is 24.9 Å². The van der Waals surface area contributed by atoms with Crippen molar-refractivity contribution < 1.29 is 26.7 Å². The highest BCUT2D eigenvalue weighted by Gasteiger charge is 2.57. The van der Waals surface area contributed by atoms with Crippen LogP contribution in [-0.2, 0) is 14.8 Å². The molecule has 32 heavy (non-hydrogen) atoms. The quantitative estimate of drug-likeness (QED) is 0.753. The summed E-state index contributed by atoms with van der Waals surface area (Å²) < 4.78 is 61.7. The molecule has 0 saturated carbocycles. The molecule has 0 aromatic heterocycles. The van der Waals surface area contributed by atoms with Crippen LogP contribution in [0.15, 0.2) is 59.5 Å². The summed E-state index contributed by atoms with van der Waals surface area (Å²) in [6.07, 6.45) is -1.71. The maximum absolute atomic E-state index is 15.5. The van der Waals surface area contributed by atoms with E-state index < -0.39 is 34.0 Å². The van der Waals surface area contributed by atoms with E-state index in [9.17, 15) is 17.6 Å². The summed E-state index contributed by atoms with van der Waals surface area (Å²) in [5.41, 5.74) is -0.919. The molecule has 2 aromatic rings. The highest BCUT2D eigenvalue weighted by atomic mass is 32.2. The Labute approximate surface area is 186 Å². The molecule has 2 saturated heterocycles. The predicted molar refractivity (Wildman–Crippen MR) is 113 cm³/mol. The van der Waals surface area contributed by atoms with Gasteiger partial charge in [-0.2, -0.15) is 4.31 Å². The number of carbonyl (C=O) groups excluding carboxylic acids is 1. The van der Waals surface area contributed by atoms with E-state index in [2.05, 4.69) is 5.32 Å². The average molecular weight is 466 g/mol. The Balaban J connectivity index is 1.46. The molecule has 2 unspecified atom stereocenters. The molecule has 10 heteroatoms. The largest absolute Gasteiger partial charge is 0.355 e. The molecule has 2 fully saturated rings. The summed E-state index contributed by atoms with van der Waals surface area (Å²) in [6, 6.07) is 12.7. The smallest absolute Gasteiger partial charge is 0.317 e. The molecule has 2 aromatic carbocycles. The zero-order chi connectivity index (χ0) is 22.9. The van der Waals surface area contributed by atoms with Gasteiger partial charge in [0.2, 0.25) is 10.0 Å². The molecule has 0 bridgehead atoms. The second-order valence-electron chi connectivity index (χ2n) is 7.97. The number of benzene rings is 2. The minimum Gasteiger partial charge on any atom is -0.355 e. The van der Waals surface area contributed by atoms with Crippen molar-refractivity contribution in [1.29, 1.82) is 0 Å². The van der Waals surface area contributed by atoms with E-state index in [0.717, 1.165) is 4.31 Å². The SMILES string of the molecule is C[C@@H](NC(=O)N1CCC2(OCCN2S(=O)(=O)c2ccccc2)C(F)C1)c1ccc(F)cc1. The first-order valence-electron chi connectivity index (χ1n) is 10.4. The minimum atomic E-state index is -3.96. The van der Waals surface area contributed by atoms with Gasteiger partial charge in [-0.15, -0.1) is 0 Å². The van der Waals surface area contributed by atoms with E-state index in [4.69, 9.17) is 4.74 Å². The number of halogens is 2.